The molecule has 0 radical (unpaired) electrons. The Labute approximate surface area is 133 Å². The molecule has 0 bridgehead atoms. The molecule has 0 aliphatic heterocycles. The molecule has 126 valence electrons. The highest BCUT2D eigenvalue weighted by molar-refractivity contribution is 5.95. The zero-order chi connectivity index (χ0) is 17.6. The Morgan fingerprint density at radius 1 is 1.09 bits per heavy atom. The van der Waals surface area contributed by atoms with Gasteiger partial charge in [-0.1, -0.05) is 0 Å². The fourth-order valence-electron chi connectivity index (χ4n) is 2.02. The summed E-state index contributed by atoms with van der Waals surface area (Å²) in [5.41, 5.74) is -1.05. The third-order valence-electron chi connectivity index (χ3n) is 4.05. The van der Waals surface area contributed by atoms with Crippen molar-refractivity contribution < 1.29 is 19.1 Å². The molecule has 1 aromatic rings. The Hall–Kier alpha value is -2.55. The number of nitro benzene ring substituents is 2. The number of amides is 1. The maximum absolute atomic E-state index is 12.1. The van der Waals surface area contributed by atoms with Crippen molar-refractivity contribution in [1.82, 2.24) is 5.32 Å². The third kappa shape index (κ3) is 4.99. The summed E-state index contributed by atoms with van der Waals surface area (Å²) in [6.07, 6.45) is 0. The van der Waals surface area contributed by atoms with Gasteiger partial charge in [0, 0.05) is 12.1 Å². The van der Waals surface area contributed by atoms with Gasteiger partial charge in [0.1, 0.15) is 0 Å². The Morgan fingerprint density at radius 3 is 1.96 bits per heavy atom. The van der Waals surface area contributed by atoms with Gasteiger partial charge >= 0.3 is 0 Å². The van der Waals surface area contributed by atoms with E-state index < -0.39 is 27.1 Å². The predicted molar refractivity (Wildman–Crippen MR) is 84.2 cm³/mol. The number of hydrogen-bond acceptors (Lipinski definition) is 5. The highest BCUT2D eigenvalue weighted by atomic mass is 16.6. The highest BCUT2D eigenvalue weighted by Crippen LogP contribution is 2.22. The van der Waals surface area contributed by atoms with Crippen LogP contribution in [0.1, 0.15) is 24.2 Å². The van der Waals surface area contributed by atoms with Crippen molar-refractivity contribution in [3.63, 3.8) is 0 Å². The number of nitrogens with zero attached hydrogens (tertiary/aromatic N) is 3. The lowest BCUT2D eigenvalue weighted by Gasteiger charge is -2.32. The molecule has 0 spiro atoms. The third-order valence-corrected chi connectivity index (χ3v) is 4.05. The van der Waals surface area contributed by atoms with Gasteiger partial charge in [-0.05, 0) is 13.8 Å². The summed E-state index contributed by atoms with van der Waals surface area (Å²) >= 11 is 0. The van der Waals surface area contributed by atoms with Crippen molar-refractivity contribution in [2.75, 3.05) is 33.2 Å². The van der Waals surface area contributed by atoms with Crippen LogP contribution < -0.4 is 5.32 Å². The lowest BCUT2D eigenvalue weighted by Crippen LogP contribution is -2.48. The summed E-state index contributed by atoms with van der Waals surface area (Å²) in [6.45, 7) is 7.01. The van der Waals surface area contributed by atoms with Gasteiger partial charge in [-0.15, -0.1) is 0 Å². The van der Waals surface area contributed by atoms with Crippen LogP contribution >= 0.6 is 0 Å². The standard InChI is InChI=1S/C14H20N4O5/c1-4-18(3,5-2)7-6-15-14(19)11-8-12(16(20)21)10-13(9-11)17(22)23/h8-10H,4-7H2,1-3H3/p+1. The summed E-state index contributed by atoms with van der Waals surface area (Å²) in [7, 11) is 2.06. The average Bonchev–Trinajstić information content (AvgIpc) is 2.53. The van der Waals surface area contributed by atoms with E-state index in [4.69, 9.17) is 0 Å². The largest absolute Gasteiger partial charge is 0.346 e. The minimum absolute atomic E-state index is 0.0897. The number of carbonyl (C=O) groups is 1. The molecule has 0 aliphatic rings. The summed E-state index contributed by atoms with van der Waals surface area (Å²) in [5.74, 6) is -0.560. The Bertz CT molecular complexity index is 581. The SMILES string of the molecule is CC[N+](C)(CC)CCNC(=O)c1cc([N+](=O)[O-])cc([N+](=O)[O-])c1. The number of nitrogens with one attached hydrogen (secondary N) is 1. The topological polar surface area (TPSA) is 115 Å². The molecule has 0 fully saturated rings. The second-order valence-corrected chi connectivity index (χ2v) is 5.48. The number of carbonyl (C=O) groups excluding carboxylic acids is 1. The van der Waals surface area contributed by atoms with Crippen LogP contribution in [0.4, 0.5) is 11.4 Å². The van der Waals surface area contributed by atoms with E-state index in [1.807, 2.05) is 0 Å². The van der Waals surface area contributed by atoms with Crippen LogP contribution in [-0.4, -0.2) is 53.5 Å². The molecule has 0 aliphatic carbocycles. The van der Waals surface area contributed by atoms with Crippen LogP contribution in [0.2, 0.25) is 0 Å². The summed E-state index contributed by atoms with van der Waals surface area (Å²) in [6, 6.07) is 2.91. The van der Waals surface area contributed by atoms with E-state index >= 15 is 0 Å². The van der Waals surface area contributed by atoms with E-state index in [1.54, 1.807) is 0 Å². The van der Waals surface area contributed by atoms with Crippen molar-refractivity contribution in [2.24, 2.45) is 0 Å². The van der Waals surface area contributed by atoms with Crippen LogP contribution in [0, 0.1) is 20.2 Å². The molecule has 1 aromatic carbocycles. The zero-order valence-corrected chi connectivity index (χ0v) is 13.4. The number of rotatable bonds is 8. The first-order valence-electron chi connectivity index (χ1n) is 7.28. The van der Waals surface area contributed by atoms with Gasteiger partial charge in [0.15, 0.2) is 0 Å². The molecule has 0 saturated carbocycles. The Kier molecular flexibility index (Phi) is 6.14. The van der Waals surface area contributed by atoms with Gasteiger partial charge in [-0.25, -0.2) is 0 Å². The van der Waals surface area contributed by atoms with E-state index in [1.165, 1.54) is 0 Å². The normalized spacial score (nSPS) is 11.1. The smallest absolute Gasteiger partial charge is 0.277 e. The van der Waals surface area contributed by atoms with Gasteiger partial charge in [-0.2, -0.15) is 0 Å². The second kappa shape index (κ2) is 7.63. The van der Waals surface area contributed by atoms with Crippen molar-refractivity contribution in [3.05, 3.63) is 44.0 Å². The van der Waals surface area contributed by atoms with Crippen molar-refractivity contribution in [2.45, 2.75) is 13.8 Å². The van der Waals surface area contributed by atoms with Crippen molar-refractivity contribution in [1.29, 1.82) is 0 Å². The van der Waals surface area contributed by atoms with E-state index in [9.17, 15) is 25.0 Å². The van der Waals surface area contributed by atoms with Crippen LogP contribution in [0.3, 0.4) is 0 Å². The number of quaternary nitrogens is 1. The van der Waals surface area contributed by atoms with Gasteiger partial charge in [-0.3, -0.25) is 25.0 Å². The van der Waals surface area contributed by atoms with E-state index in [2.05, 4.69) is 26.2 Å². The van der Waals surface area contributed by atoms with E-state index in [-0.39, 0.29) is 5.56 Å². The number of nitro groups is 2. The highest BCUT2D eigenvalue weighted by Gasteiger charge is 2.21. The lowest BCUT2D eigenvalue weighted by atomic mass is 10.1. The lowest BCUT2D eigenvalue weighted by molar-refractivity contribution is -0.904. The van der Waals surface area contributed by atoms with Crippen LogP contribution in [0.5, 0.6) is 0 Å². The summed E-state index contributed by atoms with van der Waals surface area (Å²) < 4.78 is 0.773. The van der Waals surface area contributed by atoms with E-state index in [0.29, 0.717) is 13.1 Å². The second-order valence-electron chi connectivity index (χ2n) is 5.48. The Morgan fingerprint density at radius 2 is 1.57 bits per heavy atom. The molecular formula is C14H21N4O5+. The van der Waals surface area contributed by atoms with Crippen LogP contribution in [-0.2, 0) is 0 Å². The summed E-state index contributed by atoms with van der Waals surface area (Å²) in [4.78, 5) is 32.2. The van der Waals surface area contributed by atoms with Gasteiger partial charge in [0.05, 0.1) is 54.7 Å². The average molecular weight is 325 g/mol. The molecular weight excluding hydrogens is 304 g/mol. The van der Waals surface area contributed by atoms with Gasteiger partial charge in [0.2, 0.25) is 0 Å². The van der Waals surface area contributed by atoms with Gasteiger partial charge in [0.25, 0.3) is 17.3 Å². The number of benzene rings is 1. The van der Waals surface area contributed by atoms with Crippen molar-refractivity contribution in [3.8, 4) is 0 Å². The molecule has 9 heteroatoms. The molecule has 0 aromatic heterocycles. The predicted octanol–water partition coefficient (Wildman–Crippen LogP) is 1.72. The molecule has 0 saturated heterocycles. The zero-order valence-electron chi connectivity index (χ0n) is 13.4. The monoisotopic (exact) mass is 325 g/mol. The first kappa shape index (κ1) is 18.5. The fraction of sp³-hybridized carbons (Fsp3) is 0.500. The molecule has 1 N–H and O–H groups in total. The van der Waals surface area contributed by atoms with Gasteiger partial charge < -0.3 is 9.80 Å². The molecule has 9 nitrogen and oxygen atoms in total. The molecule has 1 rings (SSSR count). The first-order chi connectivity index (χ1) is 10.7. The molecule has 23 heavy (non-hydrogen) atoms. The quantitative estimate of drug-likeness (QED) is 0.444. The molecule has 1 amide bonds. The minimum atomic E-state index is -0.758. The first-order valence-corrected chi connectivity index (χ1v) is 7.28. The summed E-state index contributed by atoms with van der Waals surface area (Å²) in [5, 5.41) is 24.3. The molecule has 0 heterocycles. The van der Waals surface area contributed by atoms with Crippen LogP contribution in [0.25, 0.3) is 0 Å². The van der Waals surface area contributed by atoms with Crippen LogP contribution in [0.15, 0.2) is 18.2 Å². The molecule has 0 atom stereocenters. The van der Waals surface area contributed by atoms with E-state index in [0.717, 1.165) is 35.8 Å². The maximum atomic E-state index is 12.1. The fourth-order valence-corrected chi connectivity index (χ4v) is 2.02. The maximum Gasteiger partial charge on any atom is 0.277 e. The number of hydrogen-bond donors (Lipinski definition) is 1. The number of non-ortho nitro benzene ring substituents is 2. The number of likely N-dealkylation sites (N-methyl/N-ethyl adjacent to an activating group) is 1. The minimum Gasteiger partial charge on any atom is -0.346 e. The molecule has 0 unspecified atom stereocenters. The Balaban J connectivity index is 2.87. The van der Waals surface area contributed by atoms with Crippen molar-refractivity contribution >= 4 is 17.3 Å².